The van der Waals surface area contributed by atoms with E-state index in [2.05, 4.69) is 10.3 Å². The smallest absolute Gasteiger partial charge is 0.230 e. The van der Waals surface area contributed by atoms with Gasteiger partial charge in [0, 0.05) is 12.5 Å². The third kappa shape index (κ3) is 3.41. The number of halogens is 1. The Morgan fingerprint density at radius 2 is 2.28 bits per heavy atom. The van der Waals surface area contributed by atoms with Crippen LogP contribution in [-0.2, 0) is 22.6 Å². The molecule has 1 aromatic rings. The number of aromatic nitrogens is 1. The van der Waals surface area contributed by atoms with Crippen molar-refractivity contribution in [3.8, 4) is 0 Å². The van der Waals surface area contributed by atoms with Crippen LogP contribution in [0.25, 0.3) is 0 Å². The Balaban J connectivity index is 0.00000162. The molecule has 0 bridgehead atoms. The molecule has 0 aliphatic carbocycles. The first-order valence-electron chi connectivity index (χ1n) is 5.70. The zero-order valence-electron chi connectivity index (χ0n) is 10.4. The summed E-state index contributed by atoms with van der Waals surface area (Å²) in [4.78, 5) is 17.3. The minimum Gasteiger partial charge on any atom is -0.375 e. The molecule has 7 heteroatoms. The predicted molar refractivity (Wildman–Crippen MR) is 74.2 cm³/mol. The molecule has 0 saturated carbocycles. The van der Waals surface area contributed by atoms with Crippen molar-refractivity contribution >= 4 is 34.8 Å². The van der Waals surface area contributed by atoms with Crippen molar-refractivity contribution in [2.45, 2.75) is 32.9 Å². The van der Waals surface area contributed by atoms with Gasteiger partial charge in [-0.3, -0.25) is 4.79 Å². The number of nitrogens with two attached hydrogens (primary N) is 1. The molecule has 0 radical (unpaired) electrons. The molecule has 0 saturated heterocycles. The van der Waals surface area contributed by atoms with Gasteiger partial charge in [0.15, 0.2) is 5.13 Å². The Labute approximate surface area is 117 Å². The summed E-state index contributed by atoms with van der Waals surface area (Å²) in [5.74, 6) is -0.292. The highest BCUT2D eigenvalue weighted by Crippen LogP contribution is 2.27. The molecule has 0 fully saturated rings. The number of thiazole rings is 1. The molecule has 2 atom stereocenters. The Hall–Kier alpha value is -0.690. The molecule has 2 unspecified atom stereocenters. The number of nitrogens with zero attached hydrogens (tertiary/aromatic N) is 1. The fraction of sp³-hybridized carbons (Fsp3) is 0.636. The van der Waals surface area contributed by atoms with Gasteiger partial charge in [-0.25, -0.2) is 4.98 Å². The minimum absolute atomic E-state index is 0. The van der Waals surface area contributed by atoms with E-state index in [0.29, 0.717) is 18.3 Å². The van der Waals surface area contributed by atoms with Crippen LogP contribution in [0.5, 0.6) is 0 Å². The van der Waals surface area contributed by atoms with E-state index in [9.17, 15) is 4.79 Å². The van der Waals surface area contributed by atoms with E-state index < -0.39 is 0 Å². The molecule has 1 aromatic heterocycles. The number of hydrogen-bond acceptors (Lipinski definition) is 5. The van der Waals surface area contributed by atoms with Crippen LogP contribution in [-0.4, -0.2) is 23.5 Å². The lowest BCUT2D eigenvalue weighted by Gasteiger charge is -2.13. The third-order valence-corrected chi connectivity index (χ3v) is 3.91. The number of anilines is 1. The molecule has 3 N–H and O–H groups in total. The molecule has 5 nitrogen and oxygen atoms in total. The second-order valence-electron chi connectivity index (χ2n) is 4.33. The molecular weight excluding hydrogens is 274 g/mol. The molecule has 1 aliphatic heterocycles. The van der Waals surface area contributed by atoms with Crippen LogP contribution in [0, 0.1) is 5.92 Å². The standard InChI is InChI=1S/C11H17N3O2S.ClH/c1-6(7(2)12)10(15)14-11-13-8-3-4-16-5-9(8)17-11;/h6-7H,3-5,12H2,1-2H3,(H,13,14,15);1H. The third-order valence-electron chi connectivity index (χ3n) is 2.93. The van der Waals surface area contributed by atoms with Gasteiger partial charge in [0.05, 0.1) is 29.7 Å². The van der Waals surface area contributed by atoms with Gasteiger partial charge in [0.2, 0.25) is 5.91 Å². The van der Waals surface area contributed by atoms with Gasteiger partial charge in [-0.15, -0.1) is 12.4 Å². The maximum Gasteiger partial charge on any atom is 0.230 e. The molecule has 2 heterocycles. The highest BCUT2D eigenvalue weighted by atomic mass is 35.5. The summed E-state index contributed by atoms with van der Waals surface area (Å²) < 4.78 is 5.34. The first-order valence-corrected chi connectivity index (χ1v) is 6.52. The number of carbonyl (C=O) groups is 1. The van der Waals surface area contributed by atoms with Crippen LogP contribution >= 0.6 is 23.7 Å². The predicted octanol–water partition coefficient (Wildman–Crippen LogP) is 1.56. The lowest BCUT2D eigenvalue weighted by atomic mass is 10.0. The number of fused-ring (bicyclic) bond motifs is 1. The summed E-state index contributed by atoms with van der Waals surface area (Å²) in [5.41, 5.74) is 6.74. The normalized spacial score (nSPS) is 17.3. The first kappa shape index (κ1) is 15.4. The Morgan fingerprint density at radius 1 is 1.56 bits per heavy atom. The van der Waals surface area contributed by atoms with Crippen molar-refractivity contribution in [1.82, 2.24) is 4.98 Å². The zero-order valence-corrected chi connectivity index (χ0v) is 12.1. The Bertz CT molecular complexity index is 399. The van der Waals surface area contributed by atoms with Gasteiger partial charge < -0.3 is 15.8 Å². The van der Waals surface area contributed by atoms with Crippen LogP contribution in [0.1, 0.15) is 24.4 Å². The minimum atomic E-state index is -0.216. The van der Waals surface area contributed by atoms with E-state index in [0.717, 1.165) is 17.0 Å². The van der Waals surface area contributed by atoms with Crippen LogP contribution in [0.2, 0.25) is 0 Å². The summed E-state index contributed by atoms with van der Waals surface area (Å²) in [6, 6.07) is -0.159. The van der Waals surface area contributed by atoms with Crippen LogP contribution in [0.4, 0.5) is 5.13 Å². The highest BCUT2D eigenvalue weighted by Gasteiger charge is 2.20. The molecule has 18 heavy (non-hydrogen) atoms. The van der Waals surface area contributed by atoms with Gasteiger partial charge in [-0.1, -0.05) is 18.3 Å². The van der Waals surface area contributed by atoms with Gasteiger partial charge >= 0.3 is 0 Å². The lowest BCUT2D eigenvalue weighted by molar-refractivity contribution is -0.119. The average molecular weight is 292 g/mol. The van der Waals surface area contributed by atoms with Gasteiger partial charge in [0.1, 0.15) is 0 Å². The Morgan fingerprint density at radius 3 is 2.89 bits per heavy atom. The molecule has 0 aromatic carbocycles. The topological polar surface area (TPSA) is 77.2 Å². The quantitative estimate of drug-likeness (QED) is 0.886. The van der Waals surface area contributed by atoms with Crippen LogP contribution in [0.15, 0.2) is 0 Å². The fourth-order valence-electron chi connectivity index (χ4n) is 1.54. The molecular formula is C11H18ClN3O2S. The highest BCUT2D eigenvalue weighted by molar-refractivity contribution is 7.15. The van der Waals surface area contributed by atoms with Crippen molar-refractivity contribution in [3.63, 3.8) is 0 Å². The number of hydrogen-bond donors (Lipinski definition) is 2. The van der Waals surface area contributed by atoms with E-state index in [1.807, 2.05) is 13.8 Å². The largest absolute Gasteiger partial charge is 0.375 e. The second-order valence-corrected chi connectivity index (χ2v) is 5.41. The van der Waals surface area contributed by atoms with E-state index in [1.54, 1.807) is 0 Å². The van der Waals surface area contributed by atoms with Crippen LogP contribution < -0.4 is 11.1 Å². The molecule has 1 amide bonds. The summed E-state index contributed by atoms with van der Waals surface area (Å²) in [7, 11) is 0. The average Bonchev–Trinajstić information content (AvgIpc) is 2.69. The van der Waals surface area contributed by atoms with Gasteiger partial charge in [0.25, 0.3) is 0 Å². The summed E-state index contributed by atoms with van der Waals surface area (Å²) in [6.45, 7) is 4.95. The van der Waals surface area contributed by atoms with E-state index >= 15 is 0 Å². The van der Waals surface area contributed by atoms with Gasteiger partial charge in [-0.2, -0.15) is 0 Å². The van der Waals surface area contributed by atoms with E-state index in [4.69, 9.17) is 10.5 Å². The summed E-state index contributed by atoms with van der Waals surface area (Å²) in [6.07, 6.45) is 0.824. The first-order chi connectivity index (χ1) is 8.08. The van der Waals surface area contributed by atoms with E-state index in [-0.39, 0.29) is 30.3 Å². The monoisotopic (exact) mass is 291 g/mol. The number of nitrogens with one attached hydrogen (secondary N) is 1. The lowest BCUT2D eigenvalue weighted by Crippen LogP contribution is -2.34. The summed E-state index contributed by atoms with van der Waals surface area (Å²) in [5, 5.41) is 3.46. The van der Waals surface area contributed by atoms with E-state index in [1.165, 1.54) is 11.3 Å². The number of amides is 1. The Kier molecular flexibility index (Phi) is 5.52. The molecule has 0 spiro atoms. The van der Waals surface area contributed by atoms with Crippen molar-refractivity contribution in [1.29, 1.82) is 0 Å². The zero-order chi connectivity index (χ0) is 12.4. The van der Waals surface area contributed by atoms with Crippen molar-refractivity contribution < 1.29 is 9.53 Å². The SMILES string of the molecule is CC(N)C(C)C(=O)Nc1nc2c(s1)COCC2.Cl. The van der Waals surface area contributed by atoms with Crippen molar-refractivity contribution in [2.75, 3.05) is 11.9 Å². The van der Waals surface area contributed by atoms with Crippen molar-refractivity contribution in [3.05, 3.63) is 10.6 Å². The summed E-state index contributed by atoms with van der Waals surface area (Å²) >= 11 is 1.48. The maximum absolute atomic E-state index is 11.8. The number of rotatable bonds is 3. The fourth-order valence-corrected chi connectivity index (χ4v) is 2.49. The molecule has 1 aliphatic rings. The second kappa shape index (κ2) is 6.47. The molecule has 2 rings (SSSR count). The maximum atomic E-state index is 11.8. The number of carbonyl (C=O) groups excluding carboxylic acids is 1. The van der Waals surface area contributed by atoms with Crippen LogP contribution in [0.3, 0.4) is 0 Å². The van der Waals surface area contributed by atoms with Gasteiger partial charge in [-0.05, 0) is 6.92 Å². The van der Waals surface area contributed by atoms with Crippen molar-refractivity contribution in [2.24, 2.45) is 11.7 Å². The number of ether oxygens (including phenoxy) is 1. The molecule has 102 valence electrons.